The number of nitrogens with zero attached hydrogens (tertiary/aromatic N) is 1. The van der Waals surface area contributed by atoms with Crippen LogP contribution in [-0.2, 0) is 0 Å². The summed E-state index contributed by atoms with van der Waals surface area (Å²) < 4.78 is 6.44. The van der Waals surface area contributed by atoms with E-state index >= 15 is 0 Å². The lowest BCUT2D eigenvalue weighted by molar-refractivity contribution is 0.0382. The number of fused-ring (bicyclic) bond motifs is 2. The van der Waals surface area contributed by atoms with Crippen molar-refractivity contribution in [1.29, 1.82) is 0 Å². The lowest BCUT2D eigenvalue weighted by Gasteiger charge is -2.15. The van der Waals surface area contributed by atoms with Crippen LogP contribution in [0.1, 0.15) is 10.4 Å². The van der Waals surface area contributed by atoms with Gasteiger partial charge in [-0.2, -0.15) is 0 Å². The lowest BCUT2D eigenvalue weighted by atomic mass is 9.93. The molecule has 0 unspecified atom stereocenters. The van der Waals surface area contributed by atoms with E-state index in [1.807, 2.05) is 0 Å². The van der Waals surface area contributed by atoms with Crippen molar-refractivity contribution in [3.63, 3.8) is 0 Å². The van der Waals surface area contributed by atoms with Crippen LogP contribution in [0.25, 0.3) is 33.4 Å². The Morgan fingerprint density at radius 2 is 1.66 bits per heavy atom. The van der Waals surface area contributed by atoms with E-state index in [4.69, 9.17) is 9.25 Å². The summed E-state index contributed by atoms with van der Waals surface area (Å²) in [7, 11) is 0. The molecule has 158 valence electrons. The summed E-state index contributed by atoms with van der Waals surface area (Å²) in [4.78, 5) is 29.6. The first-order valence-corrected chi connectivity index (χ1v) is 9.53. The van der Waals surface area contributed by atoms with Crippen molar-refractivity contribution < 1.29 is 29.4 Å². The Bertz CT molecular complexity index is 1510. The Labute approximate surface area is 180 Å². The van der Waals surface area contributed by atoms with E-state index in [2.05, 4.69) is 0 Å². The second-order valence-corrected chi connectivity index (χ2v) is 7.12. The predicted molar refractivity (Wildman–Crippen MR) is 115 cm³/mol. The lowest BCUT2D eigenvalue weighted by Crippen LogP contribution is -2.19. The molecule has 3 aromatic rings. The van der Waals surface area contributed by atoms with E-state index in [1.165, 1.54) is 42.5 Å². The predicted octanol–water partition coefficient (Wildman–Crippen LogP) is 3.75. The van der Waals surface area contributed by atoms with E-state index in [0.717, 1.165) is 0 Å². The van der Waals surface area contributed by atoms with Gasteiger partial charge in [-0.05, 0) is 42.0 Å². The summed E-state index contributed by atoms with van der Waals surface area (Å²) in [6.07, 6.45) is 0. The fraction of sp³-hybridized carbons (Fsp3) is 0. The quantitative estimate of drug-likeness (QED) is 0.373. The number of rotatable bonds is 3. The second kappa shape index (κ2) is 7.21. The molecule has 1 aliphatic heterocycles. The molecule has 0 spiro atoms. The molecule has 3 N–H and O–H groups in total. The van der Waals surface area contributed by atoms with Gasteiger partial charge in [-0.25, -0.2) is 4.79 Å². The first kappa shape index (κ1) is 19.3. The van der Waals surface area contributed by atoms with Crippen LogP contribution < -0.4 is 10.3 Å². The smallest absolute Gasteiger partial charge is 0.363 e. The summed E-state index contributed by atoms with van der Waals surface area (Å²) in [5.41, 5.74) is 2.28. The summed E-state index contributed by atoms with van der Waals surface area (Å²) in [6, 6.07) is 18.0. The van der Waals surface area contributed by atoms with Gasteiger partial charge in [-0.3, -0.25) is 4.79 Å². The molecule has 8 heteroatoms. The highest BCUT2D eigenvalue weighted by atomic mass is 16.7. The van der Waals surface area contributed by atoms with Gasteiger partial charge in [0.1, 0.15) is 17.1 Å². The largest absolute Gasteiger partial charge is 0.508 e. The number of hydrogen-bond acceptors (Lipinski definition) is 7. The molecule has 1 aliphatic carbocycles. The molecule has 0 radical (unpaired) electrons. The average molecular weight is 429 g/mol. The molecule has 0 amide bonds. The van der Waals surface area contributed by atoms with E-state index in [0.29, 0.717) is 38.2 Å². The summed E-state index contributed by atoms with van der Waals surface area (Å²) >= 11 is 0. The van der Waals surface area contributed by atoms with Crippen molar-refractivity contribution in [3.8, 4) is 40.0 Å². The Morgan fingerprint density at radius 3 is 2.44 bits per heavy atom. The molecule has 5 rings (SSSR count). The first-order chi connectivity index (χ1) is 15.4. The molecular weight excluding hydrogens is 414 g/mol. The summed E-state index contributed by atoms with van der Waals surface area (Å²) in [5, 5.41) is 30.0. The standard InChI is InChI=1S/C24H15NO7/c26-15-4-6-17-19(11-15)31-20-12-16(27)5-7-18(20)23(17)13-2-1-3-14(10-13)24(30)32-25-21(28)8-9-22(25)29/h1-12,26,28-29H. The van der Waals surface area contributed by atoms with E-state index in [9.17, 15) is 24.9 Å². The monoisotopic (exact) mass is 429 g/mol. The first-order valence-electron chi connectivity index (χ1n) is 9.53. The second-order valence-electron chi connectivity index (χ2n) is 7.12. The maximum absolute atomic E-state index is 12.7. The fourth-order valence-corrected chi connectivity index (χ4v) is 3.60. The van der Waals surface area contributed by atoms with Crippen molar-refractivity contribution in [2.24, 2.45) is 0 Å². The molecule has 0 atom stereocenters. The highest BCUT2D eigenvalue weighted by molar-refractivity contribution is 6.03. The highest BCUT2D eigenvalue weighted by Crippen LogP contribution is 2.40. The number of aromatic hydroxyl groups is 3. The molecular formula is C24H15NO7. The van der Waals surface area contributed by atoms with Crippen molar-refractivity contribution in [1.82, 2.24) is 4.73 Å². The minimum absolute atomic E-state index is 0.00787. The van der Waals surface area contributed by atoms with Crippen LogP contribution >= 0.6 is 0 Å². The summed E-state index contributed by atoms with van der Waals surface area (Å²) in [6.45, 7) is 0. The molecule has 2 aromatic carbocycles. The Morgan fingerprint density at radius 1 is 0.875 bits per heavy atom. The number of carbonyl (C=O) groups is 1. The van der Waals surface area contributed by atoms with E-state index in [-0.39, 0.29) is 16.7 Å². The molecule has 0 bridgehead atoms. The maximum atomic E-state index is 12.7. The fourth-order valence-electron chi connectivity index (χ4n) is 3.60. The third-order valence-electron chi connectivity index (χ3n) is 5.04. The molecule has 32 heavy (non-hydrogen) atoms. The molecule has 0 saturated carbocycles. The molecule has 8 nitrogen and oxygen atoms in total. The van der Waals surface area contributed by atoms with Gasteiger partial charge in [0.05, 0.1) is 5.56 Å². The number of carbonyl (C=O) groups excluding carboxylic acids is 1. The maximum Gasteiger partial charge on any atom is 0.363 e. The molecule has 0 saturated heterocycles. The Kier molecular flexibility index (Phi) is 4.34. The topological polar surface area (TPSA) is 122 Å². The van der Waals surface area contributed by atoms with Crippen molar-refractivity contribution >= 4 is 16.9 Å². The molecule has 0 fully saturated rings. The SMILES string of the molecule is O=C(On1c(O)ccc1O)c1cccc(-c2c3ccc(=O)cc-3oc3cc(O)ccc23)c1. The zero-order valence-electron chi connectivity index (χ0n) is 16.4. The van der Waals surface area contributed by atoms with Gasteiger partial charge < -0.3 is 24.6 Å². The van der Waals surface area contributed by atoms with Crippen molar-refractivity contribution in [3.05, 3.63) is 88.6 Å². The van der Waals surface area contributed by atoms with E-state index in [1.54, 1.807) is 30.3 Å². The number of benzene rings is 3. The number of phenols is 1. The average Bonchev–Trinajstić information content (AvgIpc) is 3.09. The van der Waals surface area contributed by atoms with Crippen molar-refractivity contribution in [2.45, 2.75) is 0 Å². The minimum atomic E-state index is -0.803. The minimum Gasteiger partial charge on any atom is -0.508 e. The number of phenolic OH excluding ortho intramolecular Hbond substituents is 1. The zero-order valence-corrected chi connectivity index (χ0v) is 16.4. The third-order valence-corrected chi connectivity index (χ3v) is 5.04. The van der Waals surface area contributed by atoms with Crippen LogP contribution in [0, 0.1) is 0 Å². The van der Waals surface area contributed by atoms with Gasteiger partial charge in [0.2, 0.25) is 11.8 Å². The van der Waals surface area contributed by atoms with Crippen LogP contribution in [0.15, 0.2) is 82.0 Å². The Balaban J connectivity index is 1.67. The van der Waals surface area contributed by atoms with Crippen LogP contribution in [0.5, 0.6) is 17.5 Å². The normalized spacial score (nSPS) is 11.1. The van der Waals surface area contributed by atoms with Gasteiger partial charge in [0.15, 0.2) is 5.43 Å². The van der Waals surface area contributed by atoms with Gasteiger partial charge >= 0.3 is 5.97 Å². The van der Waals surface area contributed by atoms with E-state index < -0.39 is 17.7 Å². The molecule has 1 aromatic heterocycles. The molecule has 2 aliphatic rings. The zero-order chi connectivity index (χ0) is 22.4. The number of hydrogen-bond donors (Lipinski definition) is 3. The van der Waals surface area contributed by atoms with Gasteiger partial charge in [-0.1, -0.05) is 12.1 Å². The third kappa shape index (κ3) is 3.20. The van der Waals surface area contributed by atoms with Crippen LogP contribution in [0.2, 0.25) is 0 Å². The summed E-state index contributed by atoms with van der Waals surface area (Å²) in [5.74, 6) is -1.32. The number of aromatic nitrogens is 1. The van der Waals surface area contributed by atoms with Crippen LogP contribution in [0.3, 0.4) is 0 Å². The van der Waals surface area contributed by atoms with Crippen LogP contribution in [0.4, 0.5) is 0 Å². The Hall–Kier alpha value is -4.72. The van der Waals surface area contributed by atoms with Gasteiger partial charge in [0, 0.05) is 40.8 Å². The molecule has 2 heterocycles. The van der Waals surface area contributed by atoms with Gasteiger partial charge in [-0.15, -0.1) is 4.73 Å². The van der Waals surface area contributed by atoms with Gasteiger partial charge in [0.25, 0.3) is 0 Å². The van der Waals surface area contributed by atoms with Crippen LogP contribution in [-0.4, -0.2) is 26.0 Å². The van der Waals surface area contributed by atoms with Crippen molar-refractivity contribution in [2.75, 3.05) is 0 Å². The highest BCUT2D eigenvalue weighted by Gasteiger charge is 2.20.